The van der Waals surface area contributed by atoms with Crippen molar-refractivity contribution >= 4 is 11.7 Å². The summed E-state index contributed by atoms with van der Waals surface area (Å²) in [7, 11) is 0. The third kappa shape index (κ3) is 3.05. The Labute approximate surface area is 86.5 Å². The van der Waals surface area contributed by atoms with Crippen molar-refractivity contribution < 1.29 is 14.8 Å². The van der Waals surface area contributed by atoms with Crippen LogP contribution in [-0.2, 0) is 11.2 Å². The Hall–Kier alpha value is -1.91. The fourth-order valence-electron chi connectivity index (χ4n) is 1.24. The normalized spacial score (nSPS) is 12.1. The van der Waals surface area contributed by atoms with E-state index in [0.29, 0.717) is 12.0 Å². The number of benzene rings is 1. The first-order valence-corrected chi connectivity index (χ1v) is 4.47. The first-order valence-electron chi connectivity index (χ1n) is 4.47. The maximum atomic E-state index is 10.6. The highest BCUT2D eigenvalue weighted by atomic mass is 16.6. The van der Waals surface area contributed by atoms with E-state index in [1.807, 2.05) is 0 Å². The lowest BCUT2D eigenvalue weighted by Crippen LogP contribution is -2.12. The van der Waals surface area contributed by atoms with Crippen LogP contribution in [0.5, 0.6) is 0 Å². The molecular formula is C10H11NO4. The quantitative estimate of drug-likeness (QED) is 0.606. The van der Waals surface area contributed by atoms with Crippen molar-refractivity contribution in [1.29, 1.82) is 0 Å². The maximum Gasteiger partial charge on any atom is 0.306 e. The van der Waals surface area contributed by atoms with Gasteiger partial charge in [-0.1, -0.05) is 19.1 Å². The third-order valence-electron chi connectivity index (χ3n) is 2.08. The van der Waals surface area contributed by atoms with E-state index < -0.39 is 16.8 Å². The van der Waals surface area contributed by atoms with Crippen molar-refractivity contribution in [2.75, 3.05) is 0 Å². The van der Waals surface area contributed by atoms with Gasteiger partial charge in [-0.25, -0.2) is 0 Å². The Morgan fingerprint density at radius 2 is 2.27 bits per heavy atom. The second-order valence-corrected chi connectivity index (χ2v) is 3.37. The number of hydrogen-bond donors (Lipinski definition) is 1. The third-order valence-corrected chi connectivity index (χ3v) is 2.08. The molecule has 80 valence electrons. The molecule has 0 spiro atoms. The average Bonchev–Trinajstić information content (AvgIpc) is 2.18. The van der Waals surface area contributed by atoms with Crippen molar-refractivity contribution in [2.45, 2.75) is 13.3 Å². The summed E-state index contributed by atoms with van der Waals surface area (Å²) < 4.78 is 0. The van der Waals surface area contributed by atoms with Gasteiger partial charge in [0.25, 0.3) is 5.69 Å². The Morgan fingerprint density at radius 3 is 2.80 bits per heavy atom. The monoisotopic (exact) mass is 209 g/mol. The van der Waals surface area contributed by atoms with Crippen LogP contribution in [0.2, 0.25) is 0 Å². The van der Waals surface area contributed by atoms with Crippen LogP contribution in [-0.4, -0.2) is 16.0 Å². The zero-order valence-electron chi connectivity index (χ0n) is 8.21. The van der Waals surface area contributed by atoms with E-state index in [0.717, 1.165) is 0 Å². The van der Waals surface area contributed by atoms with Crippen molar-refractivity contribution in [3.63, 3.8) is 0 Å². The lowest BCUT2D eigenvalue weighted by molar-refractivity contribution is -0.384. The number of carbonyl (C=O) groups is 1. The van der Waals surface area contributed by atoms with E-state index >= 15 is 0 Å². The van der Waals surface area contributed by atoms with Gasteiger partial charge in [0.1, 0.15) is 0 Å². The standard InChI is InChI=1S/C10H11NO4/c1-7(10(12)13)5-8-3-2-4-9(6-8)11(14)15/h2-4,6-7H,5H2,1H3,(H,12,13)/t7-/m0/s1. The number of non-ortho nitro benzene ring substituents is 1. The largest absolute Gasteiger partial charge is 0.481 e. The molecule has 1 rings (SSSR count). The zero-order chi connectivity index (χ0) is 11.4. The highest BCUT2D eigenvalue weighted by molar-refractivity contribution is 5.69. The van der Waals surface area contributed by atoms with Gasteiger partial charge in [0.05, 0.1) is 10.8 Å². The van der Waals surface area contributed by atoms with Gasteiger partial charge in [-0.15, -0.1) is 0 Å². The first kappa shape index (κ1) is 11.2. The SMILES string of the molecule is C[C@@H](Cc1cccc([N+](=O)[O-])c1)C(=O)O. The van der Waals surface area contributed by atoms with Gasteiger partial charge in [0.15, 0.2) is 0 Å². The molecule has 0 saturated heterocycles. The minimum Gasteiger partial charge on any atom is -0.481 e. The van der Waals surface area contributed by atoms with Crippen LogP contribution in [0.25, 0.3) is 0 Å². The van der Waals surface area contributed by atoms with Gasteiger partial charge in [0, 0.05) is 12.1 Å². The molecule has 5 nitrogen and oxygen atoms in total. The first-order chi connectivity index (χ1) is 7.00. The molecule has 1 aromatic rings. The summed E-state index contributed by atoms with van der Waals surface area (Å²) >= 11 is 0. The molecule has 0 saturated carbocycles. The number of rotatable bonds is 4. The van der Waals surface area contributed by atoms with Crippen LogP contribution in [0.3, 0.4) is 0 Å². The number of nitro groups is 1. The summed E-state index contributed by atoms with van der Waals surface area (Å²) in [5.74, 6) is -1.44. The summed E-state index contributed by atoms with van der Waals surface area (Å²) in [4.78, 5) is 20.6. The summed E-state index contributed by atoms with van der Waals surface area (Å²) in [5.41, 5.74) is 0.657. The fourth-order valence-corrected chi connectivity index (χ4v) is 1.24. The summed E-state index contributed by atoms with van der Waals surface area (Å²) in [6, 6.07) is 6.03. The molecule has 1 atom stereocenters. The van der Waals surface area contributed by atoms with Crippen molar-refractivity contribution in [2.24, 2.45) is 5.92 Å². The van der Waals surface area contributed by atoms with E-state index in [1.165, 1.54) is 12.1 Å². The van der Waals surface area contributed by atoms with Crippen molar-refractivity contribution in [3.8, 4) is 0 Å². The predicted molar refractivity (Wildman–Crippen MR) is 53.6 cm³/mol. The van der Waals surface area contributed by atoms with Gasteiger partial charge in [-0.05, 0) is 12.0 Å². The number of hydrogen-bond acceptors (Lipinski definition) is 3. The van der Waals surface area contributed by atoms with Gasteiger partial charge >= 0.3 is 5.97 Å². The zero-order valence-corrected chi connectivity index (χ0v) is 8.21. The number of nitro benzene ring substituents is 1. The number of aliphatic carboxylic acids is 1. The molecule has 0 amide bonds. The minimum atomic E-state index is -0.901. The molecule has 0 unspecified atom stereocenters. The maximum absolute atomic E-state index is 10.6. The summed E-state index contributed by atoms with van der Waals surface area (Å²) in [6.07, 6.45) is 0.303. The lowest BCUT2D eigenvalue weighted by Gasteiger charge is -2.05. The van der Waals surface area contributed by atoms with Crippen molar-refractivity contribution in [3.05, 3.63) is 39.9 Å². The summed E-state index contributed by atoms with van der Waals surface area (Å²) in [5, 5.41) is 19.1. The van der Waals surface area contributed by atoms with E-state index in [9.17, 15) is 14.9 Å². The molecule has 0 aliphatic heterocycles. The molecule has 5 heteroatoms. The van der Waals surface area contributed by atoms with Crippen LogP contribution in [0.4, 0.5) is 5.69 Å². The number of carboxylic acids is 1. The predicted octanol–water partition coefficient (Wildman–Crippen LogP) is 1.86. The molecule has 0 radical (unpaired) electrons. The Morgan fingerprint density at radius 1 is 1.60 bits per heavy atom. The van der Waals surface area contributed by atoms with Gasteiger partial charge < -0.3 is 5.11 Å². The molecule has 0 bridgehead atoms. The minimum absolute atomic E-state index is 0.00918. The molecule has 0 aliphatic carbocycles. The van der Waals surface area contributed by atoms with Gasteiger partial charge in [-0.2, -0.15) is 0 Å². The highest BCUT2D eigenvalue weighted by Crippen LogP contribution is 2.16. The molecule has 0 heterocycles. The van der Waals surface area contributed by atoms with E-state index in [4.69, 9.17) is 5.11 Å². The van der Waals surface area contributed by atoms with Gasteiger partial charge in [0.2, 0.25) is 0 Å². The van der Waals surface area contributed by atoms with Crippen LogP contribution < -0.4 is 0 Å². The van der Waals surface area contributed by atoms with E-state index in [2.05, 4.69) is 0 Å². The average molecular weight is 209 g/mol. The molecule has 15 heavy (non-hydrogen) atoms. The highest BCUT2D eigenvalue weighted by Gasteiger charge is 2.13. The number of carboxylic acid groups (broad SMARTS) is 1. The molecule has 1 N–H and O–H groups in total. The number of nitrogens with zero attached hydrogens (tertiary/aromatic N) is 1. The van der Waals surface area contributed by atoms with E-state index in [1.54, 1.807) is 19.1 Å². The Bertz CT molecular complexity index is 389. The second-order valence-electron chi connectivity index (χ2n) is 3.37. The molecular weight excluding hydrogens is 198 g/mol. The molecule has 0 aromatic heterocycles. The molecule has 0 aliphatic rings. The summed E-state index contributed by atoms with van der Waals surface area (Å²) in [6.45, 7) is 1.57. The van der Waals surface area contributed by atoms with Crippen molar-refractivity contribution in [1.82, 2.24) is 0 Å². The lowest BCUT2D eigenvalue weighted by atomic mass is 10.0. The molecule has 1 aromatic carbocycles. The van der Waals surface area contributed by atoms with Crippen LogP contribution in [0.1, 0.15) is 12.5 Å². The Balaban J connectivity index is 2.82. The van der Waals surface area contributed by atoms with Crippen LogP contribution in [0.15, 0.2) is 24.3 Å². The molecule has 0 fully saturated rings. The second kappa shape index (κ2) is 4.54. The fraction of sp³-hybridized carbons (Fsp3) is 0.300. The smallest absolute Gasteiger partial charge is 0.306 e. The Kier molecular flexibility index (Phi) is 3.38. The van der Waals surface area contributed by atoms with E-state index in [-0.39, 0.29) is 5.69 Å². The van der Waals surface area contributed by atoms with Crippen LogP contribution in [0, 0.1) is 16.0 Å². The van der Waals surface area contributed by atoms with Gasteiger partial charge in [-0.3, -0.25) is 14.9 Å². The van der Waals surface area contributed by atoms with Crippen LogP contribution >= 0.6 is 0 Å². The topological polar surface area (TPSA) is 80.4 Å².